The fourth-order valence-corrected chi connectivity index (χ4v) is 2.75. The number of hydrogen-bond acceptors (Lipinski definition) is 3. The van der Waals surface area contributed by atoms with Gasteiger partial charge in [0.25, 0.3) is 0 Å². The molecular formula is C16H24FN3. The van der Waals surface area contributed by atoms with Crippen molar-refractivity contribution in [3.63, 3.8) is 0 Å². The topological polar surface area (TPSA) is 18.5 Å². The Morgan fingerprint density at radius 1 is 1.25 bits per heavy atom. The zero-order valence-corrected chi connectivity index (χ0v) is 12.4. The molecule has 1 atom stereocenters. The third-order valence-corrected chi connectivity index (χ3v) is 4.44. The van der Waals surface area contributed by atoms with Crippen LogP contribution in [0.1, 0.15) is 25.3 Å². The van der Waals surface area contributed by atoms with Gasteiger partial charge in [-0.15, -0.1) is 0 Å². The molecule has 1 aromatic carbocycles. The monoisotopic (exact) mass is 277 g/mol. The molecule has 0 spiro atoms. The normalized spacial score (nSPS) is 24.1. The van der Waals surface area contributed by atoms with Gasteiger partial charge in [-0.05, 0) is 50.6 Å². The summed E-state index contributed by atoms with van der Waals surface area (Å²) in [5, 5.41) is 3.45. The molecule has 20 heavy (non-hydrogen) atoms. The first kappa shape index (κ1) is 13.8. The lowest BCUT2D eigenvalue weighted by atomic mass is 10.1. The van der Waals surface area contributed by atoms with Crippen LogP contribution in [0, 0.1) is 5.82 Å². The maximum Gasteiger partial charge on any atom is 0.125 e. The van der Waals surface area contributed by atoms with Gasteiger partial charge >= 0.3 is 0 Å². The van der Waals surface area contributed by atoms with Crippen LogP contribution in [0.25, 0.3) is 0 Å². The van der Waals surface area contributed by atoms with E-state index in [9.17, 15) is 4.39 Å². The number of nitrogens with one attached hydrogen (secondary N) is 1. The molecule has 1 aliphatic carbocycles. The summed E-state index contributed by atoms with van der Waals surface area (Å²) in [6, 6.07) is 6.62. The van der Waals surface area contributed by atoms with Gasteiger partial charge in [-0.3, -0.25) is 0 Å². The van der Waals surface area contributed by atoms with E-state index in [2.05, 4.69) is 35.2 Å². The van der Waals surface area contributed by atoms with Gasteiger partial charge in [-0.1, -0.05) is 0 Å². The van der Waals surface area contributed by atoms with E-state index in [1.807, 2.05) is 0 Å². The van der Waals surface area contributed by atoms with Gasteiger partial charge in [-0.2, -0.15) is 0 Å². The van der Waals surface area contributed by atoms with Crippen LogP contribution in [-0.4, -0.2) is 43.7 Å². The SMILES string of the molecule is CC1CN(c2cc(F)cc(CNC3CC3)c2)CCN1C. The predicted octanol–water partition coefficient (Wildman–Crippen LogP) is 2.22. The summed E-state index contributed by atoms with van der Waals surface area (Å²) in [6.07, 6.45) is 2.52. The van der Waals surface area contributed by atoms with Gasteiger partial charge in [0, 0.05) is 44.0 Å². The molecule has 1 N–H and O–H groups in total. The van der Waals surface area contributed by atoms with E-state index in [1.54, 1.807) is 12.1 Å². The molecule has 1 unspecified atom stereocenters. The zero-order chi connectivity index (χ0) is 14.1. The van der Waals surface area contributed by atoms with E-state index in [4.69, 9.17) is 0 Å². The highest BCUT2D eigenvalue weighted by atomic mass is 19.1. The minimum Gasteiger partial charge on any atom is -0.369 e. The number of halogens is 1. The summed E-state index contributed by atoms with van der Waals surface area (Å²) < 4.78 is 13.8. The van der Waals surface area contributed by atoms with E-state index in [0.29, 0.717) is 12.1 Å². The first-order valence-electron chi connectivity index (χ1n) is 7.60. The molecule has 110 valence electrons. The van der Waals surface area contributed by atoms with Crippen molar-refractivity contribution < 1.29 is 4.39 Å². The summed E-state index contributed by atoms with van der Waals surface area (Å²) in [4.78, 5) is 4.65. The molecule has 0 bridgehead atoms. The largest absolute Gasteiger partial charge is 0.369 e. The van der Waals surface area contributed by atoms with E-state index < -0.39 is 0 Å². The van der Waals surface area contributed by atoms with Crippen LogP contribution in [0.2, 0.25) is 0 Å². The van der Waals surface area contributed by atoms with E-state index in [1.165, 1.54) is 12.8 Å². The van der Waals surface area contributed by atoms with Gasteiger partial charge in [0.1, 0.15) is 5.82 Å². The lowest BCUT2D eigenvalue weighted by molar-refractivity contribution is 0.234. The molecule has 0 radical (unpaired) electrons. The Balaban J connectivity index is 1.71. The third-order valence-electron chi connectivity index (χ3n) is 4.44. The Morgan fingerprint density at radius 3 is 2.75 bits per heavy atom. The quantitative estimate of drug-likeness (QED) is 0.910. The van der Waals surface area contributed by atoms with Crippen molar-refractivity contribution in [1.29, 1.82) is 0 Å². The Labute approximate surface area is 120 Å². The molecule has 0 aromatic heterocycles. The highest BCUT2D eigenvalue weighted by Gasteiger charge is 2.22. The van der Waals surface area contributed by atoms with Crippen molar-refractivity contribution in [2.45, 2.75) is 38.4 Å². The van der Waals surface area contributed by atoms with Crippen LogP contribution < -0.4 is 10.2 Å². The van der Waals surface area contributed by atoms with Crippen molar-refractivity contribution in [3.05, 3.63) is 29.6 Å². The molecule has 2 fully saturated rings. The second kappa shape index (κ2) is 5.70. The minimum atomic E-state index is -0.123. The average Bonchev–Trinajstić information content (AvgIpc) is 3.23. The molecular weight excluding hydrogens is 253 g/mol. The smallest absolute Gasteiger partial charge is 0.125 e. The Morgan fingerprint density at radius 2 is 2.05 bits per heavy atom. The van der Waals surface area contributed by atoms with Crippen molar-refractivity contribution in [3.8, 4) is 0 Å². The number of nitrogens with zero attached hydrogens (tertiary/aromatic N) is 2. The maximum atomic E-state index is 13.8. The van der Waals surface area contributed by atoms with E-state index >= 15 is 0 Å². The predicted molar refractivity (Wildman–Crippen MR) is 80.6 cm³/mol. The highest BCUT2D eigenvalue weighted by Crippen LogP contribution is 2.23. The number of hydrogen-bond donors (Lipinski definition) is 1. The number of piperazine rings is 1. The highest BCUT2D eigenvalue weighted by molar-refractivity contribution is 5.49. The summed E-state index contributed by atoms with van der Waals surface area (Å²) in [5.41, 5.74) is 2.08. The van der Waals surface area contributed by atoms with Crippen LogP contribution in [0.4, 0.5) is 10.1 Å². The Bertz CT molecular complexity index is 473. The summed E-state index contributed by atoms with van der Waals surface area (Å²) in [6.45, 7) is 5.97. The van der Waals surface area contributed by atoms with Crippen LogP contribution >= 0.6 is 0 Å². The lowest BCUT2D eigenvalue weighted by Crippen LogP contribution is -2.50. The fraction of sp³-hybridized carbons (Fsp3) is 0.625. The minimum absolute atomic E-state index is 0.123. The first-order valence-corrected chi connectivity index (χ1v) is 7.60. The summed E-state index contributed by atoms with van der Waals surface area (Å²) >= 11 is 0. The van der Waals surface area contributed by atoms with E-state index in [0.717, 1.165) is 37.4 Å². The van der Waals surface area contributed by atoms with Crippen molar-refractivity contribution in [2.24, 2.45) is 0 Å². The Kier molecular flexibility index (Phi) is 3.94. The van der Waals surface area contributed by atoms with Crippen LogP contribution in [0.5, 0.6) is 0 Å². The standard InChI is InChI=1S/C16H24FN3/c1-12-11-20(6-5-19(12)2)16-8-13(7-14(17)9-16)10-18-15-3-4-15/h7-9,12,15,18H,3-6,10-11H2,1-2H3. The van der Waals surface area contributed by atoms with Gasteiger partial charge in [-0.25, -0.2) is 4.39 Å². The second-order valence-electron chi connectivity index (χ2n) is 6.25. The lowest BCUT2D eigenvalue weighted by Gasteiger charge is -2.39. The molecule has 1 aromatic rings. The molecule has 4 heteroatoms. The first-order chi connectivity index (χ1) is 9.61. The second-order valence-corrected chi connectivity index (χ2v) is 6.25. The van der Waals surface area contributed by atoms with Gasteiger partial charge in [0.05, 0.1) is 0 Å². The summed E-state index contributed by atoms with van der Waals surface area (Å²) in [5.74, 6) is -0.123. The van der Waals surface area contributed by atoms with Crippen LogP contribution in [0.15, 0.2) is 18.2 Å². The fourth-order valence-electron chi connectivity index (χ4n) is 2.75. The number of benzene rings is 1. The number of rotatable bonds is 4. The third kappa shape index (κ3) is 3.30. The zero-order valence-electron chi connectivity index (χ0n) is 12.4. The maximum absolute atomic E-state index is 13.8. The molecule has 3 rings (SSSR count). The molecule has 1 aliphatic heterocycles. The number of likely N-dealkylation sites (N-methyl/N-ethyl adjacent to an activating group) is 1. The summed E-state index contributed by atoms with van der Waals surface area (Å²) in [7, 11) is 2.15. The Hall–Kier alpha value is -1.13. The van der Waals surface area contributed by atoms with Crippen molar-refractivity contribution in [2.75, 3.05) is 31.6 Å². The number of anilines is 1. The van der Waals surface area contributed by atoms with Gasteiger partial charge < -0.3 is 15.1 Å². The molecule has 1 saturated carbocycles. The molecule has 0 amide bonds. The van der Waals surface area contributed by atoms with E-state index in [-0.39, 0.29) is 5.82 Å². The molecule has 1 heterocycles. The van der Waals surface area contributed by atoms with Crippen LogP contribution in [0.3, 0.4) is 0 Å². The molecule has 3 nitrogen and oxygen atoms in total. The molecule has 1 saturated heterocycles. The van der Waals surface area contributed by atoms with Crippen molar-refractivity contribution >= 4 is 5.69 Å². The van der Waals surface area contributed by atoms with Gasteiger partial charge in [0.15, 0.2) is 0 Å². The average molecular weight is 277 g/mol. The molecule has 2 aliphatic rings. The van der Waals surface area contributed by atoms with Gasteiger partial charge in [0.2, 0.25) is 0 Å². The van der Waals surface area contributed by atoms with Crippen LogP contribution in [-0.2, 0) is 6.54 Å². The van der Waals surface area contributed by atoms with Crippen molar-refractivity contribution in [1.82, 2.24) is 10.2 Å².